The molecule has 1 saturated heterocycles. The minimum Gasteiger partial charge on any atom is -0.367 e. The van der Waals surface area contributed by atoms with Gasteiger partial charge in [-0.3, -0.25) is 0 Å². The van der Waals surface area contributed by atoms with Gasteiger partial charge < -0.3 is 15.1 Å². The minimum atomic E-state index is -0.197. The molecule has 2 aromatic carbocycles. The van der Waals surface area contributed by atoms with Crippen molar-refractivity contribution in [3.05, 3.63) is 58.1 Å². The smallest absolute Gasteiger partial charge is 0.322 e. The van der Waals surface area contributed by atoms with Gasteiger partial charge in [-0.25, -0.2) is 4.79 Å². The lowest BCUT2D eigenvalue weighted by Gasteiger charge is -2.36. The van der Waals surface area contributed by atoms with Crippen LogP contribution in [-0.4, -0.2) is 37.1 Å². The lowest BCUT2D eigenvalue weighted by molar-refractivity contribution is 0.208. The number of benzene rings is 2. The highest BCUT2D eigenvalue weighted by Crippen LogP contribution is 2.26. The van der Waals surface area contributed by atoms with Crippen molar-refractivity contribution >= 4 is 40.6 Å². The molecule has 25 heavy (non-hydrogen) atoms. The standard InChI is InChI=1S/C18H16Cl2N4O/c19-14-5-6-16(15(20)11-14)22-18(25)24-9-7-23(8-10-24)17-4-2-1-3-13(17)12-21/h1-6,11H,7-10H2,(H,22,25). The molecule has 0 bridgehead atoms. The SMILES string of the molecule is N#Cc1ccccc1N1CCN(C(=O)Nc2ccc(Cl)cc2Cl)CC1. The second-order valence-electron chi connectivity index (χ2n) is 5.66. The number of nitrogens with zero attached hydrogens (tertiary/aromatic N) is 3. The Bertz CT molecular complexity index is 826. The zero-order valence-electron chi connectivity index (χ0n) is 13.4. The summed E-state index contributed by atoms with van der Waals surface area (Å²) < 4.78 is 0. The molecule has 0 saturated carbocycles. The predicted molar refractivity (Wildman–Crippen MR) is 100 cm³/mol. The van der Waals surface area contributed by atoms with E-state index in [1.54, 1.807) is 29.2 Å². The quantitative estimate of drug-likeness (QED) is 0.855. The van der Waals surface area contributed by atoms with E-state index in [0.717, 1.165) is 5.69 Å². The van der Waals surface area contributed by atoms with Gasteiger partial charge in [-0.2, -0.15) is 5.26 Å². The molecule has 7 heteroatoms. The van der Waals surface area contributed by atoms with Crippen LogP contribution in [0.5, 0.6) is 0 Å². The summed E-state index contributed by atoms with van der Waals surface area (Å²) in [7, 11) is 0. The van der Waals surface area contributed by atoms with Gasteiger partial charge in [-0.15, -0.1) is 0 Å². The van der Waals surface area contributed by atoms with Crippen LogP contribution in [0.25, 0.3) is 0 Å². The third-order valence-electron chi connectivity index (χ3n) is 4.10. The average molecular weight is 375 g/mol. The molecule has 0 atom stereocenters. The molecule has 2 aromatic rings. The monoisotopic (exact) mass is 374 g/mol. The molecule has 1 heterocycles. The molecule has 1 fully saturated rings. The van der Waals surface area contributed by atoms with Gasteiger partial charge in [-0.05, 0) is 30.3 Å². The molecule has 0 aromatic heterocycles. The van der Waals surface area contributed by atoms with Crippen LogP contribution < -0.4 is 10.2 Å². The number of carbonyl (C=O) groups excluding carboxylic acids is 1. The van der Waals surface area contributed by atoms with Gasteiger partial charge in [0.25, 0.3) is 0 Å². The highest BCUT2D eigenvalue weighted by Gasteiger charge is 2.23. The maximum Gasteiger partial charge on any atom is 0.322 e. The summed E-state index contributed by atoms with van der Waals surface area (Å²) >= 11 is 12.0. The van der Waals surface area contributed by atoms with Crippen LogP contribution in [0.1, 0.15) is 5.56 Å². The van der Waals surface area contributed by atoms with Crippen LogP contribution in [0.4, 0.5) is 16.2 Å². The Morgan fingerprint density at radius 2 is 1.80 bits per heavy atom. The predicted octanol–water partition coefficient (Wildman–Crippen LogP) is 4.22. The molecular formula is C18H16Cl2N4O. The third-order valence-corrected chi connectivity index (χ3v) is 4.65. The summed E-state index contributed by atoms with van der Waals surface area (Å²) in [5.41, 5.74) is 2.09. The van der Waals surface area contributed by atoms with E-state index >= 15 is 0 Å². The van der Waals surface area contributed by atoms with Crippen LogP contribution in [0, 0.1) is 11.3 Å². The number of hydrogen-bond acceptors (Lipinski definition) is 3. The Morgan fingerprint density at radius 1 is 1.08 bits per heavy atom. The maximum atomic E-state index is 12.4. The van der Waals surface area contributed by atoms with Crippen molar-refractivity contribution < 1.29 is 4.79 Å². The Hall–Kier alpha value is -2.42. The number of nitrogens with one attached hydrogen (secondary N) is 1. The van der Waals surface area contributed by atoms with Crippen molar-refractivity contribution in [2.75, 3.05) is 36.4 Å². The molecule has 1 aliphatic heterocycles. The molecule has 1 N–H and O–H groups in total. The second kappa shape index (κ2) is 7.64. The van der Waals surface area contributed by atoms with Gasteiger partial charge in [0.1, 0.15) is 6.07 Å². The highest BCUT2D eigenvalue weighted by atomic mass is 35.5. The highest BCUT2D eigenvalue weighted by molar-refractivity contribution is 6.36. The van der Waals surface area contributed by atoms with Crippen LogP contribution in [-0.2, 0) is 0 Å². The number of piperazine rings is 1. The van der Waals surface area contributed by atoms with E-state index in [-0.39, 0.29) is 6.03 Å². The van der Waals surface area contributed by atoms with Crippen LogP contribution in [0.3, 0.4) is 0 Å². The largest absolute Gasteiger partial charge is 0.367 e. The fourth-order valence-electron chi connectivity index (χ4n) is 2.78. The molecule has 0 radical (unpaired) electrons. The van der Waals surface area contributed by atoms with Gasteiger partial charge in [-0.1, -0.05) is 35.3 Å². The molecule has 0 unspecified atom stereocenters. The number of anilines is 2. The van der Waals surface area contributed by atoms with Crippen molar-refractivity contribution in [1.82, 2.24) is 4.90 Å². The zero-order chi connectivity index (χ0) is 17.8. The van der Waals surface area contributed by atoms with Crippen LogP contribution in [0.2, 0.25) is 10.0 Å². The molecule has 3 rings (SSSR count). The summed E-state index contributed by atoms with van der Waals surface area (Å²) in [4.78, 5) is 16.3. The lowest BCUT2D eigenvalue weighted by atomic mass is 10.1. The first kappa shape index (κ1) is 17.4. The van der Waals surface area contributed by atoms with Gasteiger partial charge in [0.05, 0.1) is 22.0 Å². The number of para-hydroxylation sites is 1. The number of carbonyl (C=O) groups is 1. The first-order valence-corrected chi connectivity index (χ1v) is 8.59. The zero-order valence-corrected chi connectivity index (χ0v) is 14.9. The summed E-state index contributed by atoms with van der Waals surface area (Å²) in [5, 5.41) is 13.0. The molecule has 1 aliphatic rings. The molecule has 0 spiro atoms. The van der Waals surface area contributed by atoms with Crippen molar-refractivity contribution in [3.63, 3.8) is 0 Å². The van der Waals surface area contributed by atoms with E-state index in [4.69, 9.17) is 23.2 Å². The van der Waals surface area contributed by atoms with E-state index in [1.165, 1.54) is 0 Å². The summed E-state index contributed by atoms with van der Waals surface area (Å²) in [6, 6.07) is 14.5. The second-order valence-corrected chi connectivity index (χ2v) is 6.50. The van der Waals surface area contributed by atoms with E-state index in [2.05, 4.69) is 16.3 Å². The van der Waals surface area contributed by atoms with E-state index in [0.29, 0.717) is 47.5 Å². The topological polar surface area (TPSA) is 59.4 Å². The number of rotatable bonds is 2. The summed E-state index contributed by atoms with van der Waals surface area (Å²) in [6.45, 7) is 2.47. The van der Waals surface area contributed by atoms with Crippen molar-refractivity contribution in [2.24, 2.45) is 0 Å². The van der Waals surface area contributed by atoms with E-state index < -0.39 is 0 Å². The van der Waals surface area contributed by atoms with E-state index in [1.807, 2.05) is 18.2 Å². The minimum absolute atomic E-state index is 0.197. The maximum absolute atomic E-state index is 12.4. The lowest BCUT2D eigenvalue weighted by Crippen LogP contribution is -2.50. The molecular weight excluding hydrogens is 359 g/mol. The number of halogens is 2. The third kappa shape index (κ3) is 3.98. The van der Waals surface area contributed by atoms with Crippen molar-refractivity contribution in [3.8, 4) is 6.07 Å². The average Bonchev–Trinajstić information content (AvgIpc) is 2.64. The number of amides is 2. The Morgan fingerprint density at radius 3 is 2.48 bits per heavy atom. The van der Waals surface area contributed by atoms with Gasteiger partial charge in [0.15, 0.2) is 0 Å². The van der Waals surface area contributed by atoms with Gasteiger partial charge in [0.2, 0.25) is 0 Å². The fourth-order valence-corrected chi connectivity index (χ4v) is 3.24. The van der Waals surface area contributed by atoms with Gasteiger partial charge in [0, 0.05) is 31.2 Å². The van der Waals surface area contributed by atoms with Gasteiger partial charge >= 0.3 is 6.03 Å². The summed E-state index contributed by atoms with van der Waals surface area (Å²) in [5.74, 6) is 0. The molecule has 5 nitrogen and oxygen atoms in total. The number of nitriles is 1. The van der Waals surface area contributed by atoms with Crippen molar-refractivity contribution in [2.45, 2.75) is 0 Å². The van der Waals surface area contributed by atoms with Crippen molar-refractivity contribution in [1.29, 1.82) is 5.26 Å². The first-order chi connectivity index (χ1) is 12.1. The Labute approximate surface area is 156 Å². The van der Waals surface area contributed by atoms with Crippen LogP contribution in [0.15, 0.2) is 42.5 Å². The first-order valence-electron chi connectivity index (χ1n) is 7.83. The fraction of sp³-hybridized carbons (Fsp3) is 0.222. The number of hydrogen-bond donors (Lipinski definition) is 1. The van der Waals surface area contributed by atoms with Crippen LogP contribution >= 0.6 is 23.2 Å². The normalized spacial score (nSPS) is 14.1. The Kier molecular flexibility index (Phi) is 5.32. The Balaban J connectivity index is 1.62. The molecule has 0 aliphatic carbocycles. The van der Waals surface area contributed by atoms with E-state index in [9.17, 15) is 10.1 Å². The summed E-state index contributed by atoms with van der Waals surface area (Å²) in [6.07, 6.45) is 0. The number of urea groups is 1. The molecule has 2 amide bonds. The molecule has 128 valence electrons.